The largest absolute Gasteiger partial charge is 0.486 e. The Kier molecular flexibility index (Phi) is 27.8. The Labute approximate surface area is 818 Å². The molecule has 22 rings (SSSR count). The van der Waals surface area contributed by atoms with Crippen LogP contribution in [0, 0.1) is 48.5 Å². The number of carbonyl (C=O) groups is 5. The van der Waals surface area contributed by atoms with Crippen LogP contribution >= 0.6 is 46.4 Å². The number of H-pyrrole nitrogens is 3. The van der Waals surface area contributed by atoms with E-state index in [9.17, 15) is 24.0 Å². The number of halogens is 4. The highest BCUT2D eigenvalue weighted by atomic mass is 35.5. The van der Waals surface area contributed by atoms with E-state index in [0.29, 0.717) is 167 Å². The monoisotopic (exact) mass is 1920 g/mol. The van der Waals surface area contributed by atoms with Gasteiger partial charge in [-0.05, 0) is 287 Å². The number of aryl methyl sites for hydroxylation is 7. The van der Waals surface area contributed by atoms with Gasteiger partial charge in [0.25, 0.3) is 17.7 Å². The molecule has 0 saturated heterocycles. The number of amides is 3. The Morgan fingerprint density at radius 2 is 0.849 bits per heavy atom. The van der Waals surface area contributed by atoms with E-state index in [-0.39, 0.29) is 35.7 Å². The van der Waals surface area contributed by atoms with E-state index < -0.39 is 0 Å². The van der Waals surface area contributed by atoms with Gasteiger partial charge in [0.05, 0.1) is 64.3 Å². The first kappa shape index (κ1) is 93.1. The number of Topliss-reactive ketones (excluding diaryl/α,β-unsaturated/α-hetero) is 2. The minimum absolute atomic E-state index is 0.000405. The number of benzene rings is 14. The zero-order valence-electron chi connectivity index (χ0n) is 76.2. The molecule has 27 heteroatoms. The lowest BCUT2D eigenvalue weighted by Gasteiger charge is -2.18. The molecule has 2 aliphatic rings. The van der Waals surface area contributed by atoms with Crippen LogP contribution in [0.3, 0.4) is 0 Å². The van der Waals surface area contributed by atoms with Crippen LogP contribution < -0.4 is 34.9 Å². The smallest absolute Gasteiger partial charge is 0.255 e. The summed E-state index contributed by atoms with van der Waals surface area (Å²) in [6.45, 7) is 16.1. The zero-order valence-corrected chi connectivity index (χ0v) is 79.2. The van der Waals surface area contributed by atoms with Crippen LogP contribution in [0.1, 0.15) is 102 Å². The summed E-state index contributed by atoms with van der Waals surface area (Å²) in [7, 11) is 0. The summed E-state index contributed by atoms with van der Waals surface area (Å²) in [6.07, 6.45) is 3.86. The molecule has 2 aliphatic heterocycles. The number of ketones is 2. The van der Waals surface area contributed by atoms with Gasteiger partial charge in [0, 0.05) is 86.8 Å². The quantitative estimate of drug-likeness (QED) is 0.0462. The molecule has 20 aromatic rings. The summed E-state index contributed by atoms with van der Waals surface area (Å²) in [5.41, 5.74) is 26.8. The van der Waals surface area contributed by atoms with Gasteiger partial charge in [-0.15, -0.1) is 0 Å². The van der Waals surface area contributed by atoms with Crippen molar-refractivity contribution in [2.75, 3.05) is 42.4 Å². The van der Waals surface area contributed by atoms with E-state index in [1.165, 1.54) is 5.56 Å². The van der Waals surface area contributed by atoms with Crippen molar-refractivity contribution in [3.63, 3.8) is 0 Å². The van der Waals surface area contributed by atoms with Crippen LogP contribution in [-0.2, 0) is 12.8 Å². The molecule has 3 amide bonds. The fourth-order valence-corrected chi connectivity index (χ4v) is 16.6. The lowest BCUT2D eigenvalue weighted by Crippen LogP contribution is -2.17. The number of aromatic amines is 3. The van der Waals surface area contributed by atoms with Gasteiger partial charge in [-0.25, -0.2) is 24.9 Å². The highest BCUT2D eigenvalue weighted by Gasteiger charge is 2.24. The maximum absolute atomic E-state index is 12.8. The SMILES string of the molecule is Cc1cc2nc(-c3cc(NC(=O)c4ccccc4)ccc3Cl)oc2cc1C.Cc1ccc2[nH]c(-c3cc(NC(=O)c4ccc5c(c4)OCCO5)ccc3Cl)nc2c1C.Cc1ccc2nc(-c3cc(CC(=O)c4cccnc4)ccc3Cl)oc2c1.Cc1ccc2nc(-c3cc(NC(=O)c4ccc5c(c4)OCCO5)ccc3Cl)[nH]c2c1.Cc1ccccc1C(=O)Cc1cccc(-c2nc3ccccc3[nH]2)c1. The number of carbonyl (C=O) groups excluding carboxylic acids is 5. The Bertz CT molecular complexity index is 8040. The van der Waals surface area contributed by atoms with Gasteiger partial charge < -0.3 is 58.7 Å². The summed E-state index contributed by atoms with van der Waals surface area (Å²) < 4.78 is 33.9. The third-order valence-electron chi connectivity index (χ3n) is 23.4. The van der Waals surface area contributed by atoms with Gasteiger partial charge in [-0.3, -0.25) is 29.0 Å². The predicted molar refractivity (Wildman–Crippen MR) is 549 cm³/mol. The molecule has 0 fully saturated rings. The number of hydrogen-bond acceptors (Lipinski definition) is 17. The van der Waals surface area contributed by atoms with E-state index >= 15 is 0 Å². The third-order valence-corrected chi connectivity index (χ3v) is 24.7. The zero-order chi connectivity index (χ0) is 96.5. The maximum atomic E-state index is 12.8. The Morgan fingerprint density at radius 1 is 0.338 bits per heavy atom. The molecule has 690 valence electrons. The van der Waals surface area contributed by atoms with Gasteiger partial charge in [0.15, 0.2) is 45.7 Å². The first-order valence-corrected chi connectivity index (χ1v) is 46.1. The summed E-state index contributed by atoms with van der Waals surface area (Å²) in [6, 6.07) is 87.8. The van der Waals surface area contributed by atoms with Gasteiger partial charge in [-0.1, -0.05) is 143 Å². The van der Waals surface area contributed by atoms with E-state index in [1.54, 1.807) is 122 Å². The second kappa shape index (κ2) is 41.5. The van der Waals surface area contributed by atoms with Crippen LogP contribution in [0.4, 0.5) is 17.1 Å². The van der Waals surface area contributed by atoms with Gasteiger partial charge in [0.2, 0.25) is 11.8 Å². The molecule has 0 saturated carbocycles. The number of aromatic nitrogens is 9. The third kappa shape index (κ3) is 21.8. The van der Waals surface area contributed by atoms with Crippen LogP contribution in [-0.4, -0.2) is 101 Å². The fraction of sp³-hybridized carbons (Fsp3) is 0.116. The molecule has 14 aromatic carbocycles. The van der Waals surface area contributed by atoms with Crippen LogP contribution in [0.2, 0.25) is 20.1 Å². The van der Waals surface area contributed by atoms with Gasteiger partial charge in [0.1, 0.15) is 54.9 Å². The number of imidazole rings is 3. The second-order valence-electron chi connectivity index (χ2n) is 33.4. The lowest BCUT2D eigenvalue weighted by molar-refractivity contribution is 0.0984. The number of fused-ring (bicyclic) bond motifs is 7. The summed E-state index contributed by atoms with van der Waals surface area (Å²) in [5, 5.41) is 10.8. The number of nitrogens with one attached hydrogen (secondary N) is 6. The summed E-state index contributed by atoms with van der Waals surface area (Å²) in [5.74, 6) is 4.90. The molecular formula is C112H88Cl4N12O11. The molecule has 0 radical (unpaired) electrons. The summed E-state index contributed by atoms with van der Waals surface area (Å²) >= 11 is 25.6. The molecule has 0 bridgehead atoms. The average molecular weight is 1920 g/mol. The number of oxazole rings is 2. The number of rotatable bonds is 17. The molecule has 8 heterocycles. The van der Waals surface area contributed by atoms with Crippen LogP contribution in [0.25, 0.3) is 112 Å². The lowest BCUT2D eigenvalue weighted by atomic mass is 9.98. The Hall–Kier alpha value is -16.3. The van der Waals surface area contributed by atoms with Crippen molar-refractivity contribution in [2.45, 2.75) is 61.3 Å². The number of para-hydroxylation sites is 2. The molecule has 0 unspecified atom stereocenters. The van der Waals surface area contributed by atoms with Crippen molar-refractivity contribution in [3.8, 4) is 80.1 Å². The Morgan fingerprint density at radius 3 is 1.50 bits per heavy atom. The minimum atomic E-state index is -0.250. The van der Waals surface area contributed by atoms with Crippen molar-refractivity contribution < 1.29 is 51.8 Å². The van der Waals surface area contributed by atoms with Crippen LogP contribution in [0.5, 0.6) is 23.0 Å². The molecule has 0 spiro atoms. The number of pyridine rings is 1. The van der Waals surface area contributed by atoms with Crippen LogP contribution in [0.15, 0.2) is 306 Å². The van der Waals surface area contributed by atoms with E-state index in [2.05, 4.69) is 68.8 Å². The Balaban J connectivity index is 0.000000115. The van der Waals surface area contributed by atoms with Gasteiger partial charge in [-0.2, -0.15) is 0 Å². The van der Waals surface area contributed by atoms with E-state index in [1.807, 2.05) is 211 Å². The van der Waals surface area contributed by atoms with E-state index in [0.717, 1.165) is 111 Å². The van der Waals surface area contributed by atoms with Crippen molar-refractivity contribution in [2.24, 2.45) is 0 Å². The number of anilines is 3. The standard InChI is InChI=1S/C24H20ClN3O3.C23H18ClN3O3.C22H17ClN2O2.C22H18N2O.C21H15ClN2O2/c1-13-3-7-19-22(14(13)2)28-23(27-19)17-12-16(5-6-18(17)25)26-24(29)15-4-8-20-21(11-15)31-10-9-30-20;1-13-2-6-18-19(10-13)27-22(26-18)16-12-15(4-5-17(16)24)25-23(28)14-3-7-20-21(11-14)30-9-8-29-20;1-13-10-19-20(11-14(13)2)27-22(25-19)17-12-16(8-9-18(17)23)24-21(26)15-6-4-3-5-7-15;1-15-7-2-3-10-18(15)21(25)14-16-8-6-9-17(13-16)22-23-19-11-4-5-12-20(19)24-22;1-13-4-7-18-20(9-13)26-21(24-18)16-10-14(5-6-17(16)22)11-19(25)15-3-2-8-23-12-15/h3-8,11-12H,9-10H2,1-2H3,(H,26,29)(H,27,28);2-7,10-12H,8-9H2,1H3,(H,25,28)(H,26,27);3-12H,1-2H3,(H,24,26);2-13H,14H2,1H3,(H,23,24);2-10,12H,11H2,1H3. The predicted octanol–water partition coefficient (Wildman–Crippen LogP) is 27.0. The van der Waals surface area contributed by atoms with E-state index in [4.69, 9.17) is 79.2 Å². The average Bonchev–Trinajstić information content (AvgIpc) is 1.65. The first-order chi connectivity index (χ1) is 67.4. The molecule has 139 heavy (non-hydrogen) atoms. The molecule has 6 N–H and O–H groups in total. The van der Waals surface area contributed by atoms with Crippen molar-refractivity contribution in [1.29, 1.82) is 0 Å². The first-order valence-electron chi connectivity index (χ1n) is 44.6. The normalized spacial score (nSPS) is 11.7. The number of ether oxygens (including phenoxy) is 4. The number of nitrogens with zero attached hydrogens (tertiary/aromatic N) is 6. The maximum Gasteiger partial charge on any atom is 0.255 e. The minimum Gasteiger partial charge on any atom is -0.486 e. The molecule has 23 nitrogen and oxygen atoms in total. The highest BCUT2D eigenvalue weighted by molar-refractivity contribution is 6.35. The molecular weight excluding hydrogens is 1830 g/mol. The second-order valence-corrected chi connectivity index (χ2v) is 35.0. The topological polar surface area (TPSA) is 309 Å². The molecule has 0 aliphatic carbocycles. The number of hydrogen-bond donors (Lipinski definition) is 6. The summed E-state index contributed by atoms with van der Waals surface area (Å²) in [4.78, 5) is 100.0. The van der Waals surface area contributed by atoms with Crippen molar-refractivity contribution in [1.82, 2.24) is 44.9 Å². The highest BCUT2D eigenvalue weighted by Crippen LogP contribution is 2.40. The van der Waals surface area contributed by atoms with Crippen molar-refractivity contribution in [3.05, 3.63) is 395 Å². The molecule has 6 aromatic heterocycles. The molecule has 0 atom stereocenters. The fourth-order valence-electron chi connectivity index (χ4n) is 15.8. The van der Waals surface area contributed by atoms with Gasteiger partial charge >= 0.3 is 0 Å². The van der Waals surface area contributed by atoms with Crippen molar-refractivity contribution >= 4 is 148 Å².